The number of ether oxygens (including phenoxy) is 2. The predicted molar refractivity (Wildman–Crippen MR) is 95.9 cm³/mol. The summed E-state index contributed by atoms with van der Waals surface area (Å²) in [7, 11) is 0. The van der Waals surface area contributed by atoms with Crippen LogP contribution in [0.25, 0.3) is 10.8 Å². The molecule has 0 amide bonds. The molecule has 0 radical (unpaired) electrons. The molecule has 6 nitrogen and oxygen atoms in total. The number of esters is 1. The maximum absolute atomic E-state index is 12.0. The van der Waals surface area contributed by atoms with Crippen molar-refractivity contribution in [1.29, 1.82) is 0 Å². The van der Waals surface area contributed by atoms with Crippen LogP contribution in [0.2, 0.25) is 0 Å². The molecule has 3 aromatic carbocycles. The lowest BCUT2D eigenvalue weighted by Crippen LogP contribution is -2.18. The summed E-state index contributed by atoms with van der Waals surface area (Å²) in [5.41, 5.74) is -0.275. The maximum atomic E-state index is 12.0. The number of hydrogen-bond acceptors (Lipinski definition) is 5. The molecule has 0 aromatic heterocycles. The molecular formula is C18H12BrNO5. The van der Waals surface area contributed by atoms with Gasteiger partial charge in [0.1, 0.15) is 5.75 Å². The highest BCUT2D eigenvalue weighted by molar-refractivity contribution is 9.10. The number of rotatable bonds is 5. The Bertz CT molecular complexity index is 957. The van der Waals surface area contributed by atoms with Crippen molar-refractivity contribution in [3.8, 4) is 11.5 Å². The zero-order chi connectivity index (χ0) is 17.8. The number of nitrogens with zero attached hydrogens (tertiary/aromatic N) is 1. The van der Waals surface area contributed by atoms with Crippen molar-refractivity contribution in [1.82, 2.24) is 0 Å². The van der Waals surface area contributed by atoms with E-state index in [4.69, 9.17) is 9.47 Å². The summed E-state index contributed by atoms with van der Waals surface area (Å²) in [4.78, 5) is 22.3. The number of benzene rings is 3. The van der Waals surface area contributed by atoms with Crippen molar-refractivity contribution in [2.45, 2.75) is 0 Å². The topological polar surface area (TPSA) is 78.7 Å². The van der Waals surface area contributed by atoms with Crippen molar-refractivity contribution < 1.29 is 19.2 Å². The zero-order valence-corrected chi connectivity index (χ0v) is 14.4. The van der Waals surface area contributed by atoms with Gasteiger partial charge >= 0.3 is 11.7 Å². The third-order valence-corrected chi connectivity index (χ3v) is 4.28. The molecule has 0 fully saturated rings. The van der Waals surface area contributed by atoms with E-state index in [0.717, 1.165) is 15.2 Å². The summed E-state index contributed by atoms with van der Waals surface area (Å²) in [6, 6.07) is 17.0. The molecular weight excluding hydrogens is 390 g/mol. The SMILES string of the molecule is O=C(COc1ccc2ccccc2c1Br)Oc1ccccc1[N+](=O)[O-]. The standard InChI is InChI=1S/C18H12BrNO5/c19-18-13-6-2-1-5-12(13)9-10-16(18)24-11-17(21)25-15-8-4-3-7-14(15)20(22)23/h1-10H,11H2. The lowest BCUT2D eigenvalue weighted by Gasteiger charge is -2.10. The highest BCUT2D eigenvalue weighted by Crippen LogP contribution is 2.33. The Balaban J connectivity index is 1.71. The van der Waals surface area contributed by atoms with E-state index in [-0.39, 0.29) is 18.0 Å². The number of hydrogen-bond donors (Lipinski definition) is 0. The summed E-state index contributed by atoms with van der Waals surface area (Å²) in [6.45, 7) is -0.372. The summed E-state index contributed by atoms with van der Waals surface area (Å²) in [5.74, 6) is -0.355. The van der Waals surface area contributed by atoms with Gasteiger partial charge in [-0.05, 0) is 38.8 Å². The summed E-state index contributed by atoms with van der Waals surface area (Å²) >= 11 is 3.46. The van der Waals surface area contributed by atoms with Gasteiger partial charge in [0.25, 0.3) is 0 Å². The van der Waals surface area contributed by atoms with Crippen LogP contribution in [0.15, 0.2) is 65.1 Å². The van der Waals surface area contributed by atoms with E-state index in [1.54, 1.807) is 12.1 Å². The van der Waals surface area contributed by atoms with Crippen LogP contribution >= 0.6 is 15.9 Å². The second-order valence-corrected chi connectivity index (χ2v) is 5.88. The number of nitro benzene ring substituents is 1. The minimum Gasteiger partial charge on any atom is -0.481 e. The Morgan fingerprint density at radius 1 is 1.00 bits per heavy atom. The quantitative estimate of drug-likeness (QED) is 0.272. The van der Waals surface area contributed by atoms with Gasteiger partial charge in [0.05, 0.1) is 9.40 Å². The highest BCUT2D eigenvalue weighted by atomic mass is 79.9. The molecule has 3 rings (SSSR count). The molecule has 0 aliphatic rings. The van der Waals surface area contributed by atoms with Gasteiger partial charge in [-0.2, -0.15) is 0 Å². The Labute approximate surface area is 151 Å². The number of fused-ring (bicyclic) bond motifs is 1. The molecule has 7 heteroatoms. The van der Waals surface area contributed by atoms with Gasteiger partial charge < -0.3 is 9.47 Å². The van der Waals surface area contributed by atoms with Crippen molar-refractivity contribution in [3.05, 3.63) is 75.3 Å². The number of halogens is 1. The first-order valence-electron chi connectivity index (χ1n) is 7.30. The van der Waals surface area contributed by atoms with Crippen LogP contribution in [0.1, 0.15) is 0 Å². The van der Waals surface area contributed by atoms with Gasteiger partial charge in [0.15, 0.2) is 6.61 Å². The Kier molecular flexibility index (Phi) is 4.95. The Morgan fingerprint density at radius 3 is 2.52 bits per heavy atom. The first kappa shape index (κ1) is 16.9. The molecule has 0 aliphatic carbocycles. The molecule has 0 spiro atoms. The van der Waals surface area contributed by atoms with Gasteiger partial charge in [0, 0.05) is 6.07 Å². The molecule has 25 heavy (non-hydrogen) atoms. The summed E-state index contributed by atoms with van der Waals surface area (Å²) in [6.07, 6.45) is 0. The third kappa shape index (κ3) is 3.77. The fourth-order valence-corrected chi connectivity index (χ4v) is 2.92. The Hall–Kier alpha value is -2.93. The first-order chi connectivity index (χ1) is 12.1. The van der Waals surface area contributed by atoms with Crippen LogP contribution in [0.5, 0.6) is 11.5 Å². The smallest absolute Gasteiger partial charge is 0.349 e. The van der Waals surface area contributed by atoms with E-state index in [9.17, 15) is 14.9 Å². The van der Waals surface area contributed by atoms with Crippen molar-refractivity contribution in [2.24, 2.45) is 0 Å². The number of carbonyl (C=O) groups is 1. The molecule has 0 saturated carbocycles. The fraction of sp³-hybridized carbons (Fsp3) is 0.0556. The molecule has 0 atom stereocenters. The number of nitro groups is 1. The molecule has 0 saturated heterocycles. The first-order valence-corrected chi connectivity index (χ1v) is 8.09. The van der Waals surface area contributed by atoms with E-state index >= 15 is 0 Å². The summed E-state index contributed by atoms with van der Waals surface area (Å²) in [5, 5.41) is 12.9. The van der Waals surface area contributed by atoms with Crippen LogP contribution in [0, 0.1) is 10.1 Å². The Morgan fingerprint density at radius 2 is 1.72 bits per heavy atom. The van der Waals surface area contributed by atoms with E-state index in [1.165, 1.54) is 18.2 Å². The largest absolute Gasteiger partial charge is 0.481 e. The van der Waals surface area contributed by atoms with E-state index in [0.29, 0.717) is 5.75 Å². The molecule has 126 valence electrons. The minimum absolute atomic E-state index is 0.112. The van der Waals surface area contributed by atoms with Crippen LogP contribution in [0.3, 0.4) is 0 Å². The second-order valence-electron chi connectivity index (χ2n) is 5.09. The second kappa shape index (κ2) is 7.31. The molecule has 0 bridgehead atoms. The third-order valence-electron chi connectivity index (χ3n) is 3.46. The van der Waals surface area contributed by atoms with Gasteiger partial charge in [-0.1, -0.05) is 42.5 Å². The van der Waals surface area contributed by atoms with Crippen molar-refractivity contribution >= 4 is 38.4 Å². The van der Waals surface area contributed by atoms with E-state index in [1.807, 2.05) is 30.3 Å². The van der Waals surface area contributed by atoms with E-state index in [2.05, 4.69) is 15.9 Å². The predicted octanol–water partition coefficient (Wildman–Crippen LogP) is 4.49. The molecule has 0 aliphatic heterocycles. The fourth-order valence-electron chi connectivity index (χ4n) is 2.31. The lowest BCUT2D eigenvalue weighted by atomic mass is 10.1. The molecule has 0 N–H and O–H groups in total. The average Bonchev–Trinajstić information content (AvgIpc) is 2.61. The monoisotopic (exact) mass is 401 g/mol. The van der Waals surface area contributed by atoms with Gasteiger partial charge in [0.2, 0.25) is 5.75 Å². The number of para-hydroxylation sites is 2. The minimum atomic E-state index is -0.727. The number of carbonyl (C=O) groups excluding carboxylic acids is 1. The highest BCUT2D eigenvalue weighted by Gasteiger charge is 2.17. The van der Waals surface area contributed by atoms with Crippen molar-refractivity contribution in [2.75, 3.05) is 6.61 Å². The van der Waals surface area contributed by atoms with Crippen LogP contribution < -0.4 is 9.47 Å². The van der Waals surface area contributed by atoms with Gasteiger partial charge in [-0.3, -0.25) is 10.1 Å². The van der Waals surface area contributed by atoms with E-state index < -0.39 is 10.9 Å². The van der Waals surface area contributed by atoms with Crippen LogP contribution in [-0.2, 0) is 4.79 Å². The molecule has 0 unspecified atom stereocenters. The average molecular weight is 402 g/mol. The van der Waals surface area contributed by atoms with Gasteiger partial charge in [-0.15, -0.1) is 0 Å². The normalized spacial score (nSPS) is 10.4. The maximum Gasteiger partial charge on any atom is 0.349 e. The lowest BCUT2D eigenvalue weighted by molar-refractivity contribution is -0.385. The van der Waals surface area contributed by atoms with Crippen molar-refractivity contribution in [3.63, 3.8) is 0 Å². The molecule has 3 aromatic rings. The molecule has 0 heterocycles. The van der Waals surface area contributed by atoms with Gasteiger partial charge in [-0.25, -0.2) is 4.79 Å². The summed E-state index contributed by atoms with van der Waals surface area (Å²) < 4.78 is 11.2. The van der Waals surface area contributed by atoms with Crippen LogP contribution in [-0.4, -0.2) is 17.5 Å². The zero-order valence-electron chi connectivity index (χ0n) is 12.8. The van der Waals surface area contributed by atoms with Crippen LogP contribution in [0.4, 0.5) is 5.69 Å².